The molecule has 1 aliphatic heterocycles. The molecular weight excluding hydrogens is 342 g/mol. The third-order valence-electron chi connectivity index (χ3n) is 4.83. The number of nitrogens with one attached hydrogen (secondary N) is 1. The highest BCUT2D eigenvalue weighted by Gasteiger charge is 2.27. The highest BCUT2D eigenvalue weighted by Crippen LogP contribution is 2.23. The van der Waals surface area contributed by atoms with Gasteiger partial charge in [-0.2, -0.15) is 5.26 Å². The Morgan fingerprint density at radius 2 is 1.70 bits per heavy atom. The number of ketones is 1. The van der Waals surface area contributed by atoms with Crippen LogP contribution in [0.3, 0.4) is 0 Å². The summed E-state index contributed by atoms with van der Waals surface area (Å²) in [6, 6.07) is 15.3. The summed E-state index contributed by atoms with van der Waals surface area (Å²) in [4.78, 5) is 26.7. The SMILES string of the molecule is N#Cc1ccc(NCC(=O)N2CCC(C(=O)c3ccc(O)cc3)CC2)cc1. The van der Waals surface area contributed by atoms with Gasteiger partial charge in [-0.25, -0.2) is 0 Å². The van der Waals surface area contributed by atoms with Gasteiger partial charge in [-0.15, -0.1) is 0 Å². The van der Waals surface area contributed by atoms with Crippen LogP contribution in [0.15, 0.2) is 48.5 Å². The van der Waals surface area contributed by atoms with E-state index in [1.807, 2.05) is 0 Å². The Labute approximate surface area is 158 Å². The normalized spacial score (nSPS) is 14.4. The van der Waals surface area contributed by atoms with E-state index >= 15 is 0 Å². The minimum absolute atomic E-state index is 0.00473. The molecule has 138 valence electrons. The molecule has 1 saturated heterocycles. The van der Waals surface area contributed by atoms with Crippen LogP contribution in [-0.4, -0.2) is 41.3 Å². The van der Waals surface area contributed by atoms with Crippen LogP contribution in [0.5, 0.6) is 5.75 Å². The molecule has 0 bridgehead atoms. The molecule has 0 saturated carbocycles. The lowest BCUT2D eigenvalue weighted by atomic mass is 9.89. The smallest absolute Gasteiger partial charge is 0.241 e. The zero-order valence-corrected chi connectivity index (χ0v) is 14.9. The number of amides is 1. The molecule has 0 unspecified atom stereocenters. The number of phenols is 1. The second kappa shape index (κ2) is 8.37. The van der Waals surface area contributed by atoms with E-state index in [1.165, 1.54) is 12.1 Å². The first-order valence-electron chi connectivity index (χ1n) is 8.92. The lowest BCUT2D eigenvalue weighted by molar-refractivity contribution is -0.130. The van der Waals surface area contributed by atoms with E-state index in [9.17, 15) is 14.7 Å². The fourth-order valence-electron chi connectivity index (χ4n) is 3.20. The van der Waals surface area contributed by atoms with Crippen molar-refractivity contribution in [1.29, 1.82) is 5.26 Å². The quantitative estimate of drug-likeness (QED) is 0.797. The summed E-state index contributed by atoms with van der Waals surface area (Å²) in [5.41, 5.74) is 1.96. The van der Waals surface area contributed by atoms with E-state index in [0.29, 0.717) is 37.1 Å². The molecular formula is C21H21N3O3. The molecule has 0 atom stereocenters. The van der Waals surface area contributed by atoms with E-state index in [-0.39, 0.29) is 29.9 Å². The van der Waals surface area contributed by atoms with Crippen LogP contribution in [0, 0.1) is 17.2 Å². The molecule has 2 aromatic carbocycles. The number of piperidine rings is 1. The number of carbonyl (C=O) groups excluding carboxylic acids is 2. The molecule has 27 heavy (non-hydrogen) atoms. The monoisotopic (exact) mass is 363 g/mol. The van der Waals surface area contributed by atoms with Crippen LogP contribution in [0.25, 0.3) is 0 Å². The number of Topliss-reactive ketones (excluding diaryl/α,β-unsaturated/α-hetero) is 1. The van der Waals surface area contributed by atoms with E-state index in [0.717, 1.165) is 5.69 Å². The van der Waals surface area contributed by atoms with Gasteiger partial charge in [0.25, 0.3) is 0 Å². The Morgan fingerprint density at radius 1 is 1.07 bits per heavy atom. The molecule has 0 spiro atoms. The number of phenolic OH excluding ortho intramolecular Hbond substituents is 1. The molecule has 1 amide bonds. The molecule has 0 radical (unpaired) electrons. The molecule has 0 aliphatic carbocycles. The number of nitriles is 1. The summed E-state index contributed by atoms with van der Waals surface area (Å²) in [6.07, 6.45) is 1.28. The average molecular weight is 363 g/mol. The third-order valence-corrected chi connectivity index (χ3v) is 4.83. The van der Waals surface area contributed by atoms with Gasteiger partial charge >= 0.3 is 0 Å². The van der Waals surface area contributed by atoms with Gasteiger partial charge in [0.2, 0.25) is 5.91 Å². The van der Waals surface area contributed by atoms with E-state index in [1.54, 1.807) is 41.3 Å². The minimum Gasteiger partial charge on any atom is -0.508 e. The highest BCUT2D eigenvalue weighted by atomic mass is 16.3. The van der Waals surface area contributed by atoms with Gasteiger partial charge in [0.1, 0.15) is 5.75 Å². The number of rotatable bonds is 5. The summed E-state index contributed by atoms with van der Waals surface area (Å²) in [6.45, 7) is 1.30. The first-order chi connectivity index (χ1) is 13.1. The number of hydrogen-bond donors (Lipinski definition) is 2. The maximum Gasteiger partial charge on any atom is 0.241 e. The Bertz CT molecular complexity index is 846. The highest BCUT2D eigenvalue weighted by molar-refractivity contribution is 5.98. The van der Waals surface area contributed by atoms with E-state index < -0.39 is 0 Å². The second-order valence-electron chi connectivity index (χ2n) is 6.61. The molecule has 0 aromatic heterocycles. The molecule has 1 fully saturated rings. The minimum atomic E-state index is -0.0925. The zero-order valence-electron chi connectivity index (χ0n) is 14.9. The van der Waals surface area contributed by atoms with Crippen molar-refractivity contribution in [3.05, 3.63) is 59.7 Å². The predicted octanol–water partition coefficient (Wildman–Crippen LogP) is 2.80. The summed E-state index contributed by atoms with van der Waals surface area (Å²) in [5, 5.41) is 21.2. The van der Waals surface area contributed by atoms with E-state index in [4.69, 9.17) is 5.26 Å². The number of hydrogen-bond acceptors (Lipinski definition) is 5. The fourth-order valence-corrected chi connectivity index (χ4v) is 3.20. The summed E-state index contributed by atoms with van der Waals surface area (Å²) < 4.78 is 0. The molecule has 3 rings (SSSR count). The van der Waals surface area contributed by atoms with Crippen LogP contribution in [0.1, 0.15) is 28.8 Å². The number of nitrogens with zero attached hydrogens (tertiary/aromatic N) is 2. The number of benzene rings is 2. The van der Waals surface area contributed by atoms with Crippen LogP contribution < -0.4 is 5.32 Å². The first-order valence-corrected chi connectivity index (χ1v) is 8.92. The molecule has 6 heteroatoms. The largest absolute Gasteiger partial charge is 0.508 e. The van der Waals surface area contributed by atoms with Gasteiger partial charge in [0, 0.05) is 30.3 Å². The Hall–Kier alpha value is -3.33. The first kappa shape index (κ1) is 18.5. The second-order valence-corrected chi connectivity index (χ2v) is 6.61. The van der Waals surface area contributed by atoms with Crippen LogP contribution in [0.4, 0.5) is 5.69 Å². The maximum absolute atomic E-state index is 12.5. The van der Waals surface area contributed by atoms with Gasteiger partial charge in [-0.1, -0.05) is 0 Å². The number of aromatic hydroxyl groups is 1. The van der Waals surface area contributed by atoms with Crippen LogP contribution >= 0.6 is 0 Å². The van der Waals surface area contributed by atoms with Crippen LogP contribution in [-0.2, 0) is 4.79 Å². The van der Waals surface area contributed by atoms with Gasteiger partial charge in [-0.05, 0) is 61.4 Å². The Kier molecular flexibility index (Phi) is 5.72. The summed E-state index contributed by atoms with van der Waals surface area (Å²) in [5.74, 6) is 0.111. The molecule has 6 nitrogen and oxygen atoms in total. The zero-order chi connectivity index (χ0) is 19.2. The molecule has 2 N–H and O–H groups in total. The van der Waals surface area contributed by atoms with Gasteiger partial charge in [0.05, 0.1) is 18.2 Å². The molecule has 2 aromatic rings. The number of likely N-dealkylation sites (tertiary alicyclic amines) is 1. The van der Waals surface area contributed by atoms with Crippen molar-refractivity contribution in [2.24, 2.45) is 5.92 Å². The van der Waals surface area contributed by atoms with Crippen molar-refractivity contribution in [3.8, 4) is 11.8 Å². The van der Waals surface area contributed by atoms with Crippen molar-refractivity contribution < 1.29 is 14.7 Å². The number of anilines is 1. The molecule has 1 heterocycles. The maximum atomic E-state index is 12.5. The van der Waals surface area contributed by atoms with Gasteiger partial charge in [0.15, 0.2) is 5.78 Å². The van der Waals surface area contributed by atoms with E-state index in [2.05, 4.69) is 11.4 Å². The lowest BCUT2D eigenvalue weighted by Crippen LogP contribution is -2.42. The Balaban J connectivity index is 1.48. The van der Waals surface area contributed by atoms with Crippen molar-refractivity contribution in [3.63, 3.8) is 0 Å². The van der Waals surface area contributed by atoms with Crippen LogP contribution in [0.2, 0.25) is 0 Å². The number of carbonyl (C=O) groups is 2. The summed E-state index contributed by atoms with van der Waals surface area (Å²) in [7, 11) is 0. The third kappa shape index (κ3) is 4.64. The summed E-state index contributed by atoms with van der Waals surface area (Å²) >= 11 is 0. The lowest BCUT2D eigenvalue weighted by Gasteiger charge is -2.31. The van der Waals surface area contributed by atoms with Gasteiger partial charge < -0.3 is 15.3 Å². The standard InChI is InChI=1S/C21H21N3O3/c22-13-15-1-5-18(6-2-15)23-14-20(26)24-11-9-17(10-12-24)21(27)16-3-7-19(25)8-4-16/h1-8,17,23,25H,9-12,14H2. The van der Waals surface area contributed by atoms with Crippen molar-refractivity contribution >= 4 is 17.4 Å². The Morgan fingerprint density at radius 3 is 2.30 bits per heavy atom. The molecule has 1 aliphatic rings. The van der Waals surface area contributed by atoms with Crippen molar-refractivity contribution in [2.75, 3.05) is 25.0 Å². The predicted molar refractivity (Wildman–Crippen MR) is 101 cm³/mol. The topological polar surface area (TPSA) is 93.4 Å². The average Bonchev–Trinajstić information content (AvgIpc) is 2.72. The van der Waals surface area contributed by atoms with Gasteiger partial charge in [-0.3, -0.25) is 9.59 Å². The fraction of sp³-hybridized carbons (Fsp3) is 0.286. The van der Waals surface area contributed by atoms with Crippen molar-refractivity contribution in [1.82, 2.24) is 4.90 Å². The van der Waals surface area contributed by atoms with Crippen molar-refractivity contribution in [2.45, 2.75) is 12.8 Å².